The average Bonchev–Trinajstić information content (AvgIpc) is 2.98. The lowest BCUT2D eigenvalue weighted by Gasteiger charge is -2.21. The largest absolute Gasteiger partial charge is 0.416 e. The molecule has 0 spiro atoms. The SMILES string of the molecule is N#Cc1ccc(CN2CCCN(C(=O)/C=C/c3ccc(C(F)(F)F)cc3)CC2)cc1. The van der Waals surface area contributed by atoms with Crippen LogP contribution in [-0.2, 0) is 17.5 Å². The van der Waals surface area contributed by atoms with Gasteiger partial charge >= 0.3 is 6.18 Å². The summed E-state index contributed by atoms with van der Waals surface area (Å²) in [6.45, 7) is 3.59. The molecule has 156 valence electrons. The number of hydrogen-bond acceptors (Lipinski definition) is 3. The number of nitrogens with zero attached hydrogens (tertiary/aromatic N) is 3. The van der Waals surface area contributed by atoms with Crippen LogP contribution in [0.15, 0.2) is 54.6 Å². The van der Waals surface area contributed by atoms with Crippen molar-refractivity contribution in [2.75, 3.05) is 26.2 Å². The molecule has 0 unspecified atom stereocenters. The van der Waals surface area contributed by atoms with Gasteiger partial charge in [-0.15, -0.1) is 0 Å². The fourth-order valence-corrected chi connectivity index (χ4v) is 3.35. The zero-order valence-corrected chi connectivity index (χ0v) is 16.4. The summed E-state index contributed by atoms with van der Waals surface area (Å²) in [6.07, 6.45) is -0.565. The molecule has 0 aliphatic carbocycles. The highest BCUT2D eigenvalue weighted by atomic mass is 19.4. The van der Waals surface area contributed by atoms with Gasteiger partial charge in [0.2, 0.25) is 5.91 Å². The van der Waals surface area contributed by atoms with Gasteiger partial charge in [0, 0.05) is 38.8 Å². The lowest BCUT2D eigenvalue weighted by atomic mass is 10.1. The number of carbonyl (C=O) groups is 1. The maximum atomic E-state index is 12.6. The van der Waals surface area contributed by atoms with Crippen LogP contribution >= 0.6 is 0 Å². The Bertz CT molecular complexity index is 928. The average molecular weight is 413 g/mol. The quantitative estimate of drug-likeness (QED) is 0.702. The highest BCUT2D eigenvalue weighted by Crippen LogP contribution is 2.29. The number of benzene rings is 2. The summed E-state index contributed by atoms with van der Waals surface area (Å²) in [4.78, 5) is 16.5. The van der Waals surface area contributed by atoms with Crippen LogP contribution in [0.1, 0.15) is 28.7 Å². The van der Waals surface area contributed by atoms with Crippen LogP contribution in [-0.4, -0.2) is 41.9 Å². The monoisotopic (exact) mass is 413 g/mol. The minimum atomic E-state index is -4.37. The van der Waals surface area contributed by atoms with Crippen LogP contribution in [0, 0.1) is 11.3 Å². The molecule has 2 aromatic carbocycles. The molecule has 1 fully saturated rings. The first-order chi connectivity index (χ1) is 14.3. The number of amides is 1. The smallest absolute Gasteiger partial charge is 0.338 e. The van der Waals surface area contributed by atoms with Crippen molar-refractivity contribution in [2.24, 2.45) is 0 Å². The lowest BCUT2D eigenvalue weighted by molar-refractivity contribution is -0.137. The number of carbonyl (C=O) groups excluding carboxylic acids is 1. The van der Waals surface area contributed by atoms with Crippen molar-refractivity contribution >= 4 is 12.0 Å². The molecule has 0 saturated carbocycles. The van der Waals surface area contributed by atoms with Gasteiger partial charge in [-0.05, 0) is 47.9 Å². The highest BCUT2D eigenvalue weighted by Gasteiger charge is 2.29. The molecule has 1 heterocycles. The summed E-state index contributed by atoms with van der Waals surface area (Å²) in [5.74, 6) is -0.143. The van der Waals surface area contributed by atoms with Gasteiger partial charge in [0.25, 0.3) is 0 Å². The molecule has 0 aromatic heterocycles. The molecule has 1 aliphatic rings. The second-order valence-corrected chi connectivity index (χ2v) is 7.22. The third-order valence-electron chi connectivity index (χ3n) is 5.05. The van der Waals surface area contributed by atoms with Crippen molar-refractivity contribution < 1.29 is 18.0 Å². The predicted octanol–water partition coefficient (Wildman–Crippen LogP) is 4.32. The normalized spacial score (nSPS) is 15.7. The van der Waals surface area contributed by atoms with Gasteiger partial charge in [0.15, 0.2) is 0 Å². The summed E-state index contributed by atoms with van der Waals surface area (Å²) < 4.78 is 37.9. The Morgan fingerprint density at radius 2 is 1.70 bits per heavy atom. The second-order valence-electron chi connectivity index (χ2n) is 7.22. The highest BCUT2D eigenvalue weighted by molar-refractivity contribution is 5.91. The van der Waals surface area contributed by atoms with Gasteiger partial charge < -0.3 is 4.90 Å². The van der Waals surface area contributed by atoms with Crippen molar-refractivity contribution in [3.8, 4) is 6.07 Å². The van der Waals surface area contributed by atoms with E-state index in [9.17, 15) is 18.0 Å². The van der Waals surface area contributed by atoms with Crippen LogP contribution in [0.25, 0.3) is 6.08 Å². The number of hydrogen-bond donors (Lipinski definition) is 0. The van der Waals surface area contributed by atoms with E-state index in [0.717, 1.165) is 43.8 Å². The summed E-state index contributed by atoms with van der Waals surface area (Å²) in [6, 6.07) is 14.3. The van der Waals surface area contributed by atoms with Gasteiger partial charge in [-0.25, -0.2) is 0 Å². The Labute approximate surface area is 173 Å². The molecule has 0 radical (unpaired) electrons. The molecule has 1 amide bonds. The van der Waals surface area contributed by atoms with Crippen LogP contribution in [0.4, 0.5) is 13.2 Å². The van der Waals surface area contributed by atoms with Gasteiger partial charge in [0.1, 0.15) is 0 Å². The number of rotatable bonds is 4. The first-order valence-electron chi connectivity index (χ1n) is 9.71. The van der Waals surface area contributed by atoms with Gasteiger partial charge in [0.05, 0.1) is 17.2 Å². The molecule has 3 rings (SSSR count). The minimum absolute atomic E-state index is 0.143. The van der Waals surface area contributed by atoms with Gasteiger partial charge in [-0.3, -0.25) is 9.69 Å². The van der Waals surface area contributed by atoms with Crippen LogP contribution in [0.3, 0.4) is 0 Å². The minimum Gasteiger partial charge on any atom is -0.338 e. The van der Waals surface area contributed by atoms with E-state index in [1.54, 1.807) is 23.1 Å². The van der Waals surface area contributed by atoms with E-state index < -0.39 is 11.7 Å². The van der Waals surface area contributed by atoms with Gasteiger partial charge in [-0.1, -0.05) is 24.3 Å². The molecule has 1 aliphatic heterocycles. The summed E-state index contributed by atoms with van der Waals surface area (Å²) in [5, 5.41) is 8.88. The summed E-state index contributed by atoms with van der Waals surface area (Å²) in [5.41, 5.74) is 1.59. The van der Waals surface area contributed by atoms with Gasteiger partial charge in [-0.2, -0.15) is 18.4 Å². The number of halogens is 3. The van der Waals surface area contributed by atoms with E-state index in [4.69, 9.17) is 5.26 Å². The third-order valence-corrected chi connectivity index (χ3v) is 5.05. The number of alkyl halides is 3. The third kappa shape index (κ3) is 5.94. The first-order valence-corrected chi connectivity index (χ1v) is 9.71. The first kappa shape index (κ1) is 21.6. The van der Waals surface area contributed by atoms with E-state index in [1.165, 1.54) is 18.2 Å². The molecule has 30 heavy (non-hydrogen) atoms. The van der Waals surface area contributed by atoms with E-state index in [1.807, 2.05) is 12.1 Å². The van der Waals surface area contributed by atoms with Crippen LogP contribution < -0.4 is 0 Å². The van der Waals surface area contributed by atoms with Crippen LogP contribution in [0.2, 0.25) is 0 Å². The molecule has 1 saturated heterocycles. The fraction of sp³-hybridized carbons (Fsp3) is 0.304. The standard InChI is InChI=1S/C23H22F3N3O/c24-23(25,26)21-9-6-18(7-10-21)8-11-22(30)29-13-1-12-28(14-15-29)17-20-4-2-19(16-27)3-5-20/h2-11H,1,12-15,17H2/b11-8+. The van der Waals surface area contributed by atoms with E-state index in [0.29, 0.717) is 24.2 Å². The predicted molar refractivity (Wildman–Crippen MR) is 108 cm³/mol. The Morgan fingerprint density at radius 3 is 2.33 bits per heavy atom. The Kier molecular flexibility index (Phi) is 6.91. The lowest BCUT2D eigenvalue weighted by Crippen LogP contribution is -2.34. The maximum absolute atomic E-state index is 12.6. The molecule has 0 atom stereocenters. The molecular weight excluding hydrogens is 391 g/mol. The van der Waals surface area contributed by atoms with E-state index in [2.05, 4.69) is 11.0 Å². The summed E-state index contributed by atoms with van der Waals surface area (Å²) in [7, 11) is 0. The van der Waals surface area contributed by atoms with Crippen molar-refractivity contribution in [1.29, 1.82) is 5.26 Å². The molecule has 4 nitrogen and oxygen atoms in total. The van der Waals surface area contributed by atoms with Crippen molar-refractivity contribution in [3.63, 3.8) is 0 Å². The van der Waals surface area contributed by atoms with Crippen LogP contribution in [0.5, 0.6) is 0 Å². The van der Waals surface area contributed by atoms with E-state index >= 15 is 0 Å². The van der Waals surface area contributed by atoms with Crippen molar-refractivity contribution in [3.05, 3.63) is 76.9 Å². The van der Waals surface area contributed by atoms with Crippen molar-refractivity contribution in [2.45, 2.75) is 19.1 Å². The Hall–Kier alpha value is -3.11. The molecule has 0 bridgehead atoms. The molecule has 0 N–H and O–H groups in total. The Balaban J connectivity index is 1.53. The maximum Gasteiger partial charge on any atom is 0.416 e. The fourth-order valence-electron chi connectivity index (χ4n) is 3.35. The van der Waals surface area contributed by atoms with E-state index in [-0.39, 0.29) is 5.91 Å². The molecular formula is C23H22F3N3O. The second kappa shape index (κ2) is 9.59. The molecule has 7 heteroatoms. The Morgan fingerprint density at radius 1 is 1.00 bits per heavy atom. The number of nitriles is 1. The molecule has 2 aromatic rings. The zero-order valence-electron chi connectivity index (χ0n) is 16.4. The summed E-state index contributed by atoms with van der Waals surface area (Å²) >= 11 is 0. The zero-order chi connectivity index (χ0) is 21.6. The topological polar surface area (TPSA) is 47.3 Å². The van der Waals surface area contributed by atoms with Crippen molar-refractivity contribution in [1.82, 2.24) is 9.80 Å².